The molecule has 2 heterocycles. The minimum atomic E-state index is -0.270. The number of hydrogen-bond acceptors (Lipinski definition) is 8. The molecule has 336 valence electrons. The maximum absolute atomic E-state index is 13.2. The lowest BCUT2D eigenvalue weighted by Crippen LogP contribution is -2.31. The van der Waals surface area contributed by atoms with Crippen LogP contribution in [0.5, 0.6) is 23.0 Å². The molecule has 66 heavy (non-hydrogen) atoms. The number of carbonyl (C=O) groups excluding carboxylic acids is 4. The van der Waals surface area contributed by atoms with Crippen molar-refractivity contribution in [3.63, 3.8) is 0 Å². The number of rotatable bonds is 16. The largest absolute Gasteiger partial charge is 0.493 e. The minimum absolute atomic E-state index is 0.246. The Kier molecular flexibility index (Phi) is 13.3. The van der Waals surface area contributed by atoms with Gasteiger partial charge in [0, 0.05) is 38.8 Å². The standard InChI is InChI=1S/C56H54N2O8/c1-3-29-63-49-37-15-9-16-38(49)34-42-20-12-22-44(52(42)66-32-14-28-58-55(61)47-25-7-8-26-48(47)56(58)62)36-40-18-10-17-39(50(40)64-30-4-2)35-43-21-11-19-41(33-37)51(43)65-31-13-27-57-53(59)45-23-5-6-24-46(45)54(57)60/h5-12,15-26H,3-4,13-14,27-36H2,1-2H3. The Balaban J connectivity index is 1.05. The van der Waals surface area contributed by atoms with E-state index >= 15 is 0 Å². The number of carbonyl (C=O) groups is 4. The Morgan fingerprint density at radius 1 is 0.348 bits per heavy atom. The fourth-order valence-electron chi connectivity index (χ4n) is 9.31. The van der Waals surface area contributed by atoms with Crippen LogP contribution in [0, 0.1) is 0 Å². The molecule has 4 amide bonds. The van der Waals surface area contributed by atoms with E-state index in [0.29, 0.717) is 87.2 Å². The highest BCUT2D eigenvalue weighted by molar-refractivity contribution is 6.22. The van der Waals surface area contributed by atoms with Crippen molar-refractivity contribution in [2.75, 3.05) is 39.5 Å². The molecule has 0 atom stereocenters. The number of hydrogen-bond donors (Lipinski definition) is 0. The van der Waals surface area contributed by atoms with E-state index in [-0.39, 0.29) is 36.7 Å². The van der Waals surface area contributed by atoms with Gasteiger partial charge in [0.25, 0.3) is 23.6 Å². The molecule has 6 aromatic rings. The van der Waals surface area contributed by atoms with Crippen LogP contribution in [0.4, 0.5) is 0 Å². The summed E-state index contributed by atoms with van der Waals surface area (Å²) < 4.78 is 26.8. The Morgan fingerprint density at radius 3 is 0.833 bits per heavy atom. The van der Waals surface area contributed by atoms with Gasteiger partial charge < -0.3 is 18.9 Å². The van der Waals surface area contributed by atoms with Crippen molar-refractivity contribution in [3.8, 4) is 23.0 Å². The molecule has 2 aliphatic heterocycles. The van der Waals surface area contributed by atoms with Gasteiger partial charge in [-0.25, -0.2) is 0 Å². The summed E-state index contributed by atoms with van der Waals surface area (Å²) in [5.41, 5.74) is 9.83. The highest BCUT2D eigenvalue weighted by Gasteiger charge is 2.36. The van der Waals surface area contributed by atoms with Crippen molar-refractivity contribution in [2.45, 2.75) is 65.2 Å². The SMILES string of the molecule is CCCOc1c2cccc1Cc1cccc(c1OCCCN1C(=O)c3ccccc3C1=O)Cc1cccc(c1OCCC)Cc1cccc(c1OCCCN1C(=O)c3ccccc3C1=O)C2. The number of amides is 4. The minimum Gasteiger partial charge on any atom is -0.493 e. The summed E-state index contributed by atoms with van der Waals surface area (Å²) in [6.45, 7) is 6.37. The number of benzene rings is 6. The van der Waals surface area contributed by atoms with Crippen LogP contribution in [0.2, 0.25) is 0 Å². The number of imide groups is 2. The van der Waals surface area contributed by atoms with Crippen LogP contribution in [0.3, 0.4) is 0 Å². The molecule has 0 saturated heterocycles. The number of nitrogens with zero attached hydrogens (tertiary/aromatic N) is 2. The molecule has 9 rings (SSSR count). The van der Waals surface area contributed by atoms with E-state index in [2.05, 4.69) is 86.6 Å². The van der Waals surface area contributed by atoms with Gasteiger partial charge in [-0.15, -0.1) is 0 Å². The molecule has 3 aliphatic rings. The molecule has 8 bridgehead atoms. The van der Waals surface area contributed by atoms with Crippen LogP contribution in [-0.2, 0) is 25.7 Å². The summed E-state index contributed by atoms with van der Waals surface area (Å²) in [6.07, 6.45) is 4.74. The monoisotopic (exact) mass is 882 g/mol. The van der Waals surface area contributed by atoms with Gasteiger partial charge in [0.1, 0.15) is 23.0 Å². The molecule has 0 unspecified atom stereocenters. The van der Waals surface area contributed by atoms with E-state index in [1.807, 2.05) is 0 Å². The zero-order valence-corrected chi connectivity index (χ0v) is 37.6. The fraction of sp³-hybridized carbons (Fsp3) is 0.286. The van der Waals surface area contributed by atoms with Gasteiger partial charge in [-0.2, -0.15) is 0 Å². The van der Waals surface area contributed by atoms with Gasteiger partial charge in [-0.1, -0.05) is 111 Å². The van der Waals surface area contributed by atoms with Crippen molar-refractivity contribution in [1.29, 1.82) is 0 Å². The Bertz CT molecular complexity index is 2470. The first-order chi connectivity index (χ1) is 32.3. The topological polar surface area (TPSA) is 112 Å². The second-order valence-electron chi connectivity index (χ2n) is 17.0. The maximum Gasteiger partial charge on any atom is 0.261 e. The third kappa shape index (κ3) is 8.92. The molecule has 10 heteroatoms. The zero-order chi connectivity index (χ0) is 45.6. The van der Waals surface area contributed by atoms with E-state index < -0.39 is 0 Å². The smallest absolute Gasteiger partial charge is 0.261 e. The molecule has 0 aromatic heterocycles. The average Bonchev–Trinajstić information content (AvgIpc) is 3.72. The van der Waals surface area contributed by atoms with Crippen LogP contribution in [0.1, 0.15) is 125 Å². The predicted octanol–water partition coefficient (Wildman–Crippen LogP) is 10.1. The lowest BCUT2D eigenvalue weighted by molar-refractivity contribution is 0.0630. The van der Waals surface area contributed by atoms with Crippen molar-refractivity contribution < 1.29 is 38.1 Å². The zero-order valence-electron chi connectivity index (χ0n) is 37.6. The Morgan fingerprint density at radius 2 is 0.591 bits per heavy atom. The first-order valence-corrected chi connectivity index (χ1v) is 23.2. The molecule has 1 aliphatic carbocycles. The lowest BCUT2D eigenvalue weighted by Gasteiger charge is -2.23. The van der Waals surface area contributed by atoms with Crippen LogP contribution in [0.15, 0.2) is 121 Å². The summed E-state index contributed by atoms with van der Waals surface area (Å²) in [4.78, 5) is 55.3. The van der Waals surface area contributed by atoms with Crippen LogP contribution >= 0.6 is 0 Å². The summed E-state index contributed by atoms with van der Waals surface area (Å²) in [5.74, 6) is 2.12. The summed E-state index contributed by atoms with van der Waals surface area (Å²) in [6, 6.07) is 39.1. The lowest BCUT2D eigenvalue weighted by atomic mass is 9.91. The van der Waals surface area contributed by atoms with Crippen LogP contribution in [-0.4, -0.2) is 72.9 Å². The van der Waals surface area contributed by atoms with E-state index in [1.54, 1.807) is 48.5 Å². The second kappa shape index (κ2) is 19.9. The highest BCUT2D eigenvalue weighted by atomic mass is 16.5. The summed E-state index contributed by atoms with van der Waals surface area (Å²) in [5, 5.41) is 0. The fourth-order valence-corrected chi connectivity index (χ4v) is 9.31. The van der Waals surface area contributed by atoms with Gasteiger partial charge in [0.05, 0.1) is 48.7 Å². The molecule has 0 spiro atoms. The van der Waals surface area contributed by atoms with Crippen molar-refractivity contribution in [2.24, 2.45) is 0 Å². The maximum atomic E-state index is 13.2. The quantitative estimate of drug-likeness (QED) is 0.0697. The number of fused-ring (bicyclic) bond motifs is 10. The van der Waals surface area contributed by atoms with Gasteiger partial charge in [0.2, 0.25) is 0 Å². The van der Waals surface area contributed by atoms with Gasteiger partial charge in [-0.05, 0) is 94.5 Å². The second-order valence-corrected chi connectivity index (χ2v) is 17.0. The number of para-hydroxylation sites is 4. The van der Waals surface area contributed by atoms with E-state index in [1.165, 1.54) is 9.80 Å². The van der Waals surface area contributed by atoms with Gasteiger partial charge >= 0.3 is 0 Å². The van der Waals surface area contributed by atoms with Gasteiger partial charge in [-0.3, -0.25) is 29.0 Å². The molecule has 0 saturated carbocycles. The van der Waals surface area contributed by atoms with Crippen molar-refractivity contribution in [3.05, 3.63) is 188 Å². The van der Waals surface area contributed by atoms with E-state index in [9.17, 15) is 19.2 Å². The third-order valence-corrected chi connectivity index (χ3v) is 12.4. The normalized spacial score (nSPS) is 14.0. The van der Waals surface area contributed by atoms with Gasteiger partial charge in [0.15, 0.2) is 0 Å². The third-order valence-electron chi connectivity index (χ3n) is 12.4. The van der Waals surface area contributed by atoms with Crippen molar-refractivity contribution >= 4 is 23.6 Å². The van der Waals surface area contributed by atoms with E-state index in [4.69, 9.17) is 18.9 Å². The molecular formula is C56H54N2O8. The van der Waals surface area contributed by atoms with Crippen molar-refractivity contribution in [1.82, 2.24) is 9.80 Å². The van der Waals surface area contributed by atoms with Crippen LogP contribution < -0.4 is 18.9 Å². The first-order valence-electron chi connectivity index (χ1n) is 23.2. The molecule has 0 radical (unpaired) electrons. The first kappa shape index (κ1) is 44.0. The molecule has 6 aromatic carbocycles. The van der Waals surface area contributed by atoms with Crippen LogP contribution in [0.25, 0.3) is 0 Å². The van der Waals surface area contributed by atoms with E-state index in [0.717, 1.165) is 80.3 Å². The summed E-state index contributed by atoms with van der Waals surface area (Å²) >= 11 is 0. The molecule has 0 N–H and O–H groups in total. The summed E-state index contributed by atoms with van der Waals surface area (Å²) in [7, 11) is 0. The number of ether oxygens (including phenoxy) is 4. The molecule has 10 nitrogen and oxygen atoms in total. The highest BCUT2D eigenvalue weighted by Crippen LogP contribution is 2.39. The average molecular weight is 883 g/mol. The Hall–Kier alpha value is -7.20. The predicted molar refractivity (Wildman–Crippen MR) is 252 cm³/mol. The molecular weight excluding hydrogens is 829 g/mol. The molecule has 0 fully saturated rings. The Labute approximate surface area is 386 Å².